The first-order chi connectivity index (χ1) is 10.0. The number of aryl methyl sites for hydroxylation is 1. The van der Waals surface area contributed by atoms with Crippen LogP contribution in [0.1, 0.15) is 72.2 Å². The Morgan fingerprint density at radius 3 is 2.38 bits per heavy atom. The van der Waals surface area contributed by atoms with Crippen LogP contribution in [0.5, 0.6) is 0 Å². The lowest BCUT2D eigenvalue weighted by atomic mass is 9.93. The van der Waals surface area contributed by atoms with E-state index in [1.54, 1.807) is 19.1 Å². The number of hydrogen-bond acceptors (Lipinski definition) is 2. The third-order valence-electron chi connectivity index (χ3n) is 4.47. The number of carbonyl (C=O) groups excluding carboxylic acids is 2. The van der Waals surface area contributed by atoms with Crippen LogP contribution in [-0.4, -0.2) is 29.2 Å². The Kier molecular flexibility index (Phi) is 5.16. The third kappa shape index (κ3) is 3.52. The number of hydrogen-bond donors (Lipinski definition) is 0. The van der Waals surface area contributed by atoms with Gasteiger partial charge in [0.15, 0.2) is 5.78 Å². The summed E-state index contributed by atoms with van der Waals surface area (Å²) in [7, 11) is 0. The van der Waals surface area contributed by atoms with E-state index in [4.69, 9.17) is 0 Å². The monoisotopic (exact) mass is 287 g/mol. The van der Waals surface area contributed by atoms with Gasteiger partial charge in [-0.2, -0.15) is 0 Å². The zero-order chi connectivity index (χ0) is 15.4. The molecular formula is C18H25NO2. The molecule has 1 amide bonds. The molecule has 1 saturated carbocycles. The fourth-order valence-electron chi connectivity index (χ4n) is 3.32. The SMILES string of the molecule is CCN(C(=O)c1ccc(C(C)=O)c(C)c1)C1CCCCC1. The quantitative estimate of drug-likeness (QED) is 0.785. The molecule has 0 atom stereocenters. The van der Waals surface area contributed by atoms with Crippen LogP contribution in [-0.2, 0) is 0 Å². The van der Waals surface area contributed by atoms with Gasteiger partial charge in [-0.25, -0.2) is 0 Å². The van der Waals surface area contributed by atoms with E-state index >= 15 is 0 Å². The maximum atomic E-state index is 12.7. The van der Waals surface area contributed by atoms with Gasteiger partial charge >= 0.3 is 0 Å². The van der Waals surface area contributed by atoms with Crippen LogP contribution < -0.4 is 0 Å². The van der Waals surface area contributed by atoms with E-state index < -0.39 is 0 Å². The Morgan fingerprint density at radius 2 is 1.86 bits per heavy atom. The second-order valence-electron chi connectivity index (χ2n) is 5.97. The molecule has 1 aromatic rings. The summed E-state index contributed by atoms with van der Waals surface area (Å²) in [4.78, 5) is 26.2. The molecule has 0 radical (unpaired) electrons. The highest BCUT2D eigenvalue weighted by molar-refractivity contribution is 5.99. The number of carbonyl (C=O) groups is 2. The van der Waals surface area contributed by atoms with Crippen LogP contribution in [0.15, 0.2) is 18.2 Å². The van der Waals surface area contributed by atoms with Crippen LogP contribution >= 0.6 is 0 Å². The summed E-state index contributed by atoms with van der Waals surface area (Å²) in [6.07, 6.45) is 5.95. The molecule has 0 N–H and O–H groups in total. The van der Waals surface area contributed by atoms with Crippen molar-refractivity contribution in [2.75, 3.05) is 6.54 Å². The summed E-state index contributed by atoms with van der Waals surface area (Å²) in [5.74, 6) is 0.147. The van der Waals surface area contributed by atoms with Gasteiger partial charge in [0.2, 0.25) is 0 Å². The third-order valence-corrected chi connectivity index (χ3v) is 4.47. The molecule has 21 heavy (non-hydrogen) atoms. The lowest BCUT2D eigenvalue weighted by Crippen LogP contribution is -2.41. The zero-order valence-electron chi connectivity index (χ0n) is 13.3. The summed E-state index contributed by atoms with van der Waals surface area (Å²) >= 11 is 0. The normalized spacial score (nSPS) is 15.8. The van der Waals surface area contributed by atoms with E-state index in [1.807, 2.05) is 24.8 Å². The van der Waals surface area contributed by atoms with Crippen molar-refractivity contribution in [1.29, 1.82) is 0 Å². The van der Waals surface area contributed by atoms with Gasteiger partial charge in [-0.05, 0) is 51.3 Å². The average molecular weight is 287 g/mol. The molecule has 0 spiro atoms. The van der Waals surface area contributed by atoms with Crippen molar-refractivity contribution >= 4 is 11.7 Å². The average Bonchev–Trinajstić information content (AvgIpc) is 2.48. The van der Waals surface area contributed by atoms with Gasteiger partial charge in [-0.1, -0.05) is 25.3 Å². The minimum Gasteiger partial charge on any atom is -0.336 e. The minimum atomic E-state index is 0.0473. The highest BCUT2D eigenvalue weighted by Crippen LogP contribution is 2.24. The molecule has 1 aromatic carbocycles. The summed E-state index contributed by atoms with van der Waals surface area (Å²) < 4.78 is 0. The summed E-state index contributed by atoms with van der Waals surface area (Å²) in [5.41, 5.74) is 2.28. The zero-order valence-corrected chi connectivity index (χ0v) is 13.3. The summed E-state index contributed by atoms with van der Waals surface area (Å²) in [5, 5.41) is 0. The number of nitrogens with zero attached hydrogens (tertiary/aromatic N) is 1. The number of ketones is 1. The maximum absolute atomic E-state index is 12.7. The van der Waals surface area contributed by atoms with E-state index in [1.165, 1.54) is 19.3 Å². The van der Waals surface area contributed by atoms with Crippen molar-refractivity contribution in [1.82, 2.24) is 4.90 Å². The summed E-state index contributed by atoms with van der Waals surface area (Å²) in [6, 6.07) is 5.80. The molecule has 3 heteroatoms. The number of rotatable bonds is 4. The molecule has 1 fully saturated rings. The first-order valence-corrected chi connectivity index (χ1v) is 7.97. The first-order valence-electron chi connectivity index (χ1n) is 7.97. The second kappa shape index (κ2) is 6.88. The molecule has 1 aliphatic carbocycles. The molecule has 2 rings (SSSR count). The Labute approximate surface area is 127 Å². The van der Waals surface area contributed by atoms with Gasteiger partial charge in [0, 0.05) is 23.7 Å². The Hall–Kier alpha value is -1.64. The molecule has 0 aliphatic heterocycles. The second-order valence-corrected chi connectivity index (χ2v) is 5.97. The van der Waals surface area contributed by atoms with Crippen LogP contribution in [0.4, 0.5) is 0 Å². The largest absolute Gasteiger partial charge is 0.336 e. The van der Waals surface area contributed by atoms with Crippen LogP contribution in [0, 0.1) is 6.92 Å². The summed E-state index contributed by atoms with van der Waals surface area (Å²) in [6.45, 7) is 6.24. The molecule has 114 valence electrons. The standard InChI is InChI=1S/C18H25NO2/c1-4-19(16-8-6-5-7-9-16)18(21)15-10-11-17(14(3)20)13(2)12-15/h10-12,16H,4-9H2,1-3H3. The van der Waals surface area contributed by atoms with Crippen molar-refractivity contribution in [3.05, 3.63) is 34.9 Å². The molecule has 1 aliphatic rings. The van der Waals surface area contributed by atoms with Gasteiger partial charge in [0.05, 0.1) is 0 Å². The van der Waals surface area contributed by atoms with Gasteiger partial charge in [0.1, 0.15) is 0 Å². The van der Waals surface area contributed by atoms with Crippen molar-refractivity contribution in [2.45, 2.75) is 58.9 Å². The fourth-order valence-corrected chi connectivity index (χ4v) is 3.32. The van der Waals surface area contributed by atoms with Crippen LogP contribution in [0.25, 0.3) is 0 Å². The van der Waals surface area contributed by atoms with E-state index in [-0.39, 0.29) is 11.7 Å². The molecule has 3 nitrogen and oxygen atoms in total. The predicted molar refractivity (Wildman–Crippen MR) is 84.8 cm³/mol. The van der Waals surface area contributed by atoms with Gasteiger partial charge in [-0.3, -0.25) is 9.59 Å². The Morgan fingerprint density at radius 1 is 1.19 bits per heavy atom. The van der Waals surface area contributed by atoms with Gasteiger partial charge < -0.3 is 4.90 Å². The smallest absolute Gasteiger partial charge is 0.254 e. The van der Waals surface area contributed by atoms with Crippen LogP contribution in [0.3, 0.4) is 0 Å². The molecule has 0 bridgehead atoms. The Balaban J connectivity index is 2.21. The van der Waals surface area contributed by atoms with Gasteiger partial charge in [0.25, 0.3) is 5.91 Å². The number of amides is 1. The van der Waals surface area contributed by atoms with Gasteiger partial charge in [-0.15, -0.1) is 0 Å². The molecule has 0 aromatic heterocycles. The highest BCUT2D eigenvalue weighted by Gasteiger charge is 2.25. The topological polar surface area (TPSA) is 37.4 Å². The van der Waals surface area contributed by atoms with Crippen molar-refractivity contribution in [3.8, 4) is 0 Å². The fraction of sp³-hybridized carbons (Fsp3) is 0.556. The highest BCUT2D eigenvalue weighted by atomic mass is 16.2. The van der Waals surface area contributed by atoms with Crippen molar-refractivity contribution in [3.63, 3.8) is 0 Å². The van der Waals surface area contributed by atoms with E-state index in [9.17, 15) is 9.59 Å². The lowest BCUT2D eigenvalue weighted by Gasteiger charge is -2.33. The van der Waals surface area contributed by atoms with E-state index in [0.717, 1.165) is 24.9 Å². The molecule has 0 heterocycles. The molecular weight excluding hydrogens is 262 g/mol. The molecule has 0 unspecified atom stereocenters. The van der Waals surface area contributed by atoms with Crippen LogP contribution in [0.2, 0.25) is 0 Å². The minimum absolute atomic E-state index is 0.0473. The Bertz CT molecular complexity index is 530. The van der Waals surface area contributed by atoms with Crippen molar-refractivity contribution in [2.24, 2.45) is 0 Å². The molecule has 0 saturated heterocycles. The number of benzene rings is 1. The maximum Gasteiger partial charge on any atom is 0.254 e. The first kappa shape index (κ1) is 15.7. The lowest BCUT2D eigenvalue weighted by molar-refractivity contribution is 0.0647. The van der Waals surface area contributed by atoms with E-state index in [2.05, 4.69) is 0 Å². The predicted octanol–water partition coefficient (Wildman–Crippen LogP) is 3.99. The number of Topliss-reactive ketones (excluding diaryl/α,β-unsaturated/α-hetero) is 1. The van der Waals surface area contributed by atoms with E-state index in [0.29, 0.717) is 17.2 Å². The van der Waals surface area contributed by atoms with Crippen molar-refractivity contribution < 1.29 is 9.59 Å².